The Morgan fingerprint density at radius 3 is 2.39 bits per heavy atom. The van der Waals surface area contributed by atoms with Crippen LogP contribution < -0.4 is 0 Å². The molecule has 1 fully saturated rings. The normalized spacial score (nSPS) is 18.0. The van der Waals surface area contributed by atoms with Gasteiger partial charge in [-0.25, -0.2) is 12.8 Å². The lowest BCUT2D eigenvalue weighted by atomic mass is 10.1. The summed E-state index contributed by atoms with van der Waals surface area (Å²) in [6.45, 7) is 0.0229. The van der Waals surface area contributed by atoms with Crippen molar-refractivity contribution in [3.63, 3.8) is 0 Å². The fraction of sp³-hybridized carbons (Fsp3) is 0.500. The van der Waals surface area contributed by atoms with Crippen molar-refractivity contribution in [1.29, 1.82) is 0 Å². The minimum Gasteiger partial charge on any atom is -0.387 e. The molecule has 1 aliphatic carbocycles. The molecule has 1 aromatic carbocycles. The molecule has 0 amide bonds. The highest BCUT2D eigenvalue weighted by Crippen LogP contribution is 2.30. The summed E-state index contributed by atoms with van der Waals surface area (Å²) in [6.07, 6.45) is 1.88. The number of aliphatic hydroxyl groups excluding tert-OH is 1. The van der Waals surface area contributed by atoms with Gasteiger partial charge in [-0.2, -0.15) is 4.31 Å². The van der Waals surface area contributed by atoms with Crippen LogP contribution in [0.5, 0.6) is 0 Å². The predicted molar refractivity (Wildman–Crippen MR) is 65.9 cm³/mol. The maximum atomic E-state index is 12.8. The zero-order valence-corrected chi connectivity index (χ0v) is 10.9. The molecule has 1 atom stereocenters. The molecule has 100 valence electrons. The van der Waals surface area contributed by atoms with Gasteiger partial charge in [-0.15, -0.1) is 0 Å². The quantitative estimate of drug-likeness (QED) is 0.879. The van der Waals surface area contributed by atoms with Gasteiger partial charge in [0.25, 0.3) is 0 Å². The van der Waals surface area contributed by atoms with Crippen molar-refractivity contribution in [2.75, 3.05) is 12.8 Å². The minimum atomic E-state index is -3.31. The number of sulfonamides is 1. The van der Waals surface area contributed by atoms with Crippen LogP contribution in [0.3, 0.4) is 0 Å². The van der Waals surface area contributed by atoms with Crippen LogP contribution in [0.1, 0.15) is 24.5 Å². The lowest BCUT2D eigenvalue weighted by Crippen LogP contribution is -2.35. The lowest BCUT2D eigenvalue weighted by molar-refractivity contribution is 0.145. The fourth-order valence-corrected chi connectivity index (χ4v) is 3.04. The number of aliphatic hydroxyl groups is 1. The summed E-state index contributed by atoms with van der Waals surface area (Å²) in [5, 5.41) is 9.99. The second-order valence-electron chi connectivity index (χ2n) is 4.63. The SMILES string of the molecule is CS(=O)(=O)N(CC(O)c1ccc(F)cc1)C1CC1. The molecule has 0 aromatic heterocycles. The topological polar surface area (TPSA) is 57.6 Å². The Kier molecular flexibility index (Phi) is 3.70. The Hall–Kier alpha value is -0.980. The van der Waals surface area contributed by atoms with Crippen LogP contribution >= 0.6 is 0 Å². The Labute approximate surface area is 106 Å². The van der Waals surface area contributed by atoms with Crippen LogP contribution in [-0.4, -0.2) is 36.7 Å². The van der Waals surface area contributed by atoms with E-state index in [-0.39, 0.29) is 18.4 Å². The molecule has 1 N–H and O–H groups in total. The van der Waals surface area contributed by atoms with Gasteiger partial charge in [-0.05, 0) is 30.5 Å². The van der Waals surface area contributed by atoms with Gasteiger partial charge in [0, 0.05) is 12.6 Å². The smallest absolute Gasteiger partial charge is 0.211 e. The van der Waals surface area contributed by atoms with Gasteiger partial charge in [0.2, 0.25) is 10.0 Å². The molecule has 0 bridgehead atoms. The summed E-state index contributed by atoms with van der Waals surface area (Å²) in [4.78, 5) is 0. The first-order valence-corrected chi connectivity index (χ1v) is 7.63. The van der Waals surface area contributed by atoms with Gasteiger partial charge in [0.05, 0.1) is 12.4 Å². The zero-order chi connectivity index (χ0) is 13.3. The number of rotatable bonds is 5. The van der Waals surface area contributed by atoms with Gasteiger partial charge in [-0.3, -0.25) is 0 Å². The molecule has 1 unspecified atom stereocenters. The summed E-state index contributed by atoms with van der Waals surface area (Å²) < 4.78 is 37.2. The van der Waals surface area contributed by atoms with Crippen LogP contribution in [0.2, 0.25) is 0 Å². The molecule has 0 spiro atoms. The van der Waals surface area contributed by atoms with Crippen molar-refractivity contribution in [3.05, 3.63) is 35.6 Å². The third-order valence-electron chi connectivity index (χ3n) is 2.99. The van der Waals surface area contributed by atoms with Crippen LogP contribution in [0.25, 0.3) is 0 Å². The lowest BCUT2D eigenvalue weighted by Gasteiger charge is -2.22. The molecule has 0 heterocycles. The monoisotopic (exact) mass is 273 g/mol. The highest BCUT2D eigenvalue weighted by atomic mass is 32.2. The van der Waals surface area contributed by atoms with Crippen LogP contribution in [0, 0.1) is 5.82 Å². The zero-order valence-electron chi connectivity index (χ0n) is 10.1. The average molecular weight is 273 g/mol. The first-order chi connectivity index (χ1) is 8.38. The van der Waals surface area contributed by atoms with E-state index in [1.807, 2.05) is 0 Å². The molecule has 1 aliphatic rings. The van der Waals surface area contributed by atoms with E-state index in [0.29, 0.717) is 5.56 Å². The van der Waals surface area contributed by atoms with Crippen molar-refractivity contribution in [3.8, 4) is 0 Å². The standard InChI is InChI=1S/C12H16FNO3S/c1-18(16,17)14(11-6-7-11)8-12(15)9-2-4-10(13)5-3-9/h2-5,11-12,15H,6-8H2,1H3. The first kappa shape index (κ1) is 13.5. The summed E-state index contributed by atoms with van der Waals surface area (Å²) in [6, 6.07) is 5.44. The number of halogens is 1. The molecule has 2 rings (SSSR count). The molecule has 4 nitrogen and oxygen atoms in total. The average Bonchev–Trinajstić information content (AvgIpc) is 3.08. The Balaban J connectivity index is 2.09. The second kappa shape index (κ2) is 4.95. The molecule has 1 saturated carbocycles. The van der Waals surface area contributed by atoms with E-state index in [9.17, 15) is 17.9 Å². The third kappa shape index (κ3) is 3.28. The Morgan fingerprint density at radius 2 is 1.94 bits per heavy atom. The van der Waals surface area contributed by atoms with Crippen LogP contribution in [0.15, 0.2) is 24.3 Å². The summed E-state index contributed by atoms with van der Waals surface area (Å²) in [7, 11) is -3.31. The van der Waals surface area contributed by atoms with E-state index in [1.54, 1.807) is 0 Å². The molecule has 18 heavy (non-hydrogen) atoms. The molecule has 0 radical (unpaired) electrons. The van der Waals surface area contributed by atoms with Gasteiger partial charge >= 0.3 is 0 Å². The van der Waals surface area contributed by atoms with Gasteiger partial charge < -0.3 is 5.11 Å². The van der Waals surface area contributed by atoms with E-state index >= 15 is 0 Å². The maximum absolute atomic E-state index is 12.8. The van der Waals surface area contributed by atoms with Crippen LogP contribution in [0.4, 0.5) is 4.39 Å². The van der Waals surface area contributed by atoms with Crippen molar-refractivity contribution in [1.82, 2.24) is 4.31 Å². The first-order valence-electron chi connectivity index (χ1n) is 5.78. The molecular weight excluding hydrogens is 257 g/mol. The third-order valence-corrected chi connectivity index (χ3v) is 4.29. The predicted octanol–water partition coefficient (Wildman–Crippen LogP) is 1.28. The number of hydrogen-bond donors (Lipinski definition) is 1. The van der Waals surface area contributed by atoms with E-state index in [4.69, 9.17) is 0 Å². The number of benzene rings is 1. The second-order valence-corrected chi connectivity index (χ2v) is 6.57. The Morgan fingerprint density at radius 1 is 1.39 bits per heavy atom. The Bertz CT molecular complexity index is 511. The van der Waals surface area contributed by atoms with Crippen molar-refractivity contribution >= 4 is 10.0 Å². The van der Waals surface area contributed by atoms with Crippen molar-refractivity contribution in [2.45, 2.75) is 25.0 Å². The van der Waals surface area contributed by atoms with Crippen molar-refractivity contribution in [2.24, 2.45) is 0 Å². The summed E-state index contributed by atoms with van der Waals surface area (Å²) in [5.74, 6) is -0.381. The van der Waals surface area contributed by atoms with Gasteiger partial charge in [0.15, 0.2) is 0 Å². The molecular formula is C12H16FNO3S. The maximum Gasteiger partial charge on any atom is 0.211 e. The summed E-state index contributed by atoms with van der Waals surface area (Å²) >= 11 is 0. The molecule has 0 saturated heterocycles. The van der Waals surface area contributed by atoms with Gasteiger partial charge in [0.1, 0.15) is 5.82 Å². The van der Waals surface area contributed by atoms with E-state index in [2.05, 4.69) is 0 Å². The number of nitrogens with zero attached hydrogens (tertiary/aromatic N) is 1. The van der Waals surface area contributed by atoms with Crippen LogP contribution in [-0.2, 0) is 10.0 Å². The fourth-order valence-electron chi connectivity index (χ4n) is 1.88. The highest BCUT2D eigenvalue weighted by molar-refractivity contribution is 7.88. The van der Waals surface area contributed by atoms with Gasteiger partial charge in [-0.1, -0.05) is 12.1 Å². The van der Waals surface area contributed by atoms with Crippen molar-refractivity contribution < 1.29 is 17.9 Å². The van der Waals surface area contributed by atoms with E-state index in [1.165, 1.54) is 28.6 Å². The van der Waals surface area contributed by atoms with E-state index < -0.39 is 16.1 Å². The molecule has 1 aromatic rings. The highest BCUT2D eigenvalue weighted by Gasteiger charge is 2.36. The number of hydrogen-bond acceptors (Lipinski definition) is 3. The summed E-state index contributed by atoms with van der Waals surface area (Å²) in [5.41, 5.74) is 0.519. The minimum absolute atomic E-state index is 0.00935. The molecule has 0 aliphatic heterocycles. The largest absolute Gasteiger partial charge is 0.387 e. The molecule has 6 heteroatoms. The van der Waals surface area contributed by atoms with E-state index in [0.717, 1.165) is 19.1 Å².